The first-order valence-corrected chi connectivity index (χ1v) is 18.2. The highest BCUT2D eigenvalue weighted by atomic mass is 16.7. The van der Waals surface area contributed by atoms with Crippen LogP contribution in [0.1, 0.15) is 88.1 Å². The third-order valence-corrected chi connectivity index (χ3v) is 10.7. The lowest BCUT2D eigenvalue weighted by atomic mass is 9.72. The minimum Gasteiger partial charge on any atom is -0.507 e. The number of rotatable bonds is 12. The van der Waals surface area contributed by atoms with Gasteiger partial charge in [-0.25, -0.2) is 4.98 Å². The van der Waals surface area contributed by atoms with Crippen molar-refractivity contribution in [2.24, 2.45) is 12.0 Å². The van der Waals surface area contributed by atoms with Crippen molar-refractivity contribution in [3.63, 3.8) is 0 Å². The Hall–Kier alpha value is -5.53. The molecule has 3 aliphatic rings. The molecule has 0 radical (unpaired) electrons. The Balaban J connectivity index is 1.08. The Bertz CT molecular complexity index is 2320. The first-order valence-electron chi connectivity index (χ1n) is 18.2. The van der Waals surface area contributed by atoms with Gasteiger partial charge in [0.2, 0.25) is 11.7 Å². The van der Waals surface area contributed by atoms with E-state index in [4.69, 9.17) is 14.2 Å². The van der Waals surface area contributed by atoms with E-state index in [1.807, 2.05) is 0 Å². The van der Waals surface area contributed by atoms with Gasteiger partial charge in [-0.1, -0.05) is 12.1 Å². The molecule has 0 spiro atoms. The van der Waals surface area contributed by atoms with Crippen LogP contribution in [0, 0.1) is 0 Å². The van der Waals surface area contributed by atoms with Gasteiger partial charge in [0.15, 0.2) is 29.0 Å². The number of nitrogens with one attached hydrogen (secondary N) is 2. The summed E-state index contributed by atoms with van der Waals surface area (Å²) in [6.07, 6.45) is -0.245. The number of H-pyrrole nitrogens is 1. The number of unbranched alkanes of at least 4 members (excludes halogenated alkanes) is 2. The molecule has 4 unspecified atom stereocenters. The molecular weight excluding hydrogens is 732 g/mol. The number of hydrogen-bond donors (Lipinski definition) is 7. The second-order valence-electron chi connectivity index (χ2n) is 14.3. The minimum atomic E-state index is -2.30. The standard InChI is InChI=1S/C38H42N6O12/c1-17-30(47)20(39-10-5-4-6-11-40-37-42-35-29(36(52)43-37)41-16-44(35)2)12-24(55-17)56-22-14-38(53,23(46)15-45)13-19-26(22)34(51)28-27(32(19)49)31(48)18-8-7-9-21(54-3)25(18)33(28)50/h7-10,16-17,20,22,24,30,45,47,49,51,53H,4-6,11-15H2,1-3H3,(H2,40,42,43,52)/t17?,20?,22-,24?,30?,38-/m0/s1. The molecule has 3 heterocycles. The van der Waals surface area contributed by atoms with Crippen molar-refractivity contribution in [2.75, 3.05) is 25.6 Å². The van der Waals surface area contributed by atoms with Crippen molar-refractivity contribution >= 4 is 40.7 Å². The topological polar surface area (TPSA) is 268 Å². The maximum absolute atomic E-state index is 13.9. The van der Waals surface area contributed by atoms with E-state index in [1.54, 1.807) is 24.8 Å². The number of ether oxygens (including phenoxy) is 3. The number of methoxy groups -OCH3 is 1. The summed E-state index contributed by atoms with van der Waals surface area (Å²) >= 11 is 0. The number of hydrogen-bond acceptors (Lipinski definition) is 16. The van der Waals surface area contributed by atoms with Gasteiger partial charge in [-0.05, 0) is 38.5 Å². The van der Waals surface area contributed by atoms with Crippen LogP contribution in [0.15, 0.2) is 34.3 Å². The van der Waals surface area contributed by atoms with Crippen molar-refractivity contribution in [3.05, 3.63) is 68.3 Å². The number of aromatic amines is 1. The highest BCUT2D eigenvalue weighted by Crippen LogP contribution is 2.52. The summed E-state index contributed by atoms with van der Waals surface area (Å²) < 4.78 is 19.2. The largest absolute Gasteiger partial charge is 0.507 e. The monoisotopic (exact) mass is 774 g/mol. The first kappa shape index (κ1) is 38.7. The normalized spacial score (nSPS) is 24.6. The molecule has 296 valence electrons. The predicted molar refractivity (Wildman–Crippen MR) is 198 cm³/mol. The summed E-state index contributed by atoms with van der Waals surface area (Å²) in [6.45, 7) is 1.09. The predicted octanol–water partition coefficient (Wildman–Crippen LogP) is 1.37. The van der Waals surface area contributed by atoms with Crippen molar-refractivity contribution < 1.29 is 54.1 Å². The molecule has 1 saturated heterocycles. The lowest BCUT2D eigenvalue weighted by Gasteiger charge is -2.42. The number of phenols is 2. The minimum absolute atomic E-state index is 0.0109. The number of aliphatic hydroxyl groups is 3. The number of imidazole rings is 1. The Morgan fingerprint density at radius 3 is 2.68 bits per heavy atom. The molecule has 0 bridgehead atoms. The highest BCUT2D eigenvalue weighted by molar-refractivity contribution is 6.31. The number of carbonyl (C=O) groups is 3. The lowest BCUT2D eigenvalue weighted by molar-refractivity contribution is -0.247. The first-order chi connectivity index (χ1) is 26.8. The van der Waals surface area contributed by atoms with Gasteiger partial charge in [0.05, 0.1) is 48.4 Å². The van der Waals surface area contributed by atoms with Crippen LogP contribution in [0.5, 0.6) is 17.2 Å². The lowest BCUT2D eigenvalue weighted by Crippen LogP contribution is -2.50. The summed E-state index contributed by atoms with van der Waals surface area (Å²) in [4.78, 5) is 68.5. The summed E-state index contributed by atoms with van der Waals surface area (Å²) in [7, 11) is 3.07. The summed E-state index contributed by atoms with van der Waals surface area (Å²) in [5, 5.41) is 58.7. The molecule has 2 aliphatic carbocycles. The number of nitrogens with zero attached hydrogens (tertiary/aromatic N) is 4. The molecular formula is C38H42N6O12. The van der Waals surface area contributed by atoms with Crippen molar-refractivity contribution in [2.45, 2.75) is 81.7 Å². The van der Waals surface area contributed by atoms with Gasteiger partial charge in [0, 0.05) is 49.5 Å². The molecule has 1 aliphatic heterocycles. The molecule has 56 heavy (non-hydrogen) atoms. The number of ketones is 3. The molecule has 0 saturated carbocycles. The van der Waals surface area contributed by atoms with E-state index in [-0.39, 0.29) is 45.5 Å². The average Bonchev–Trinajstić information content (AvgIpc) is 3.56. The highest BCUT2D eigenvalue weighted by Gasteiger charge is 2.50. The van der Waals surface area contributed by atoms with E-state index in [2.05, 4.69) is 25.3 Å². The zero-order chi connectivity index (χ0) is 40.1. The number of Topliss-reactive ketones (excluding diaryl/α,β-unsaturated/α-hetero) is 1. The number of carbonyl (C=O) groups excluding carboxylic acids is 3. The van der Waals surface area contributed by atoms with Crippen LogP contribution in [0.3, 0.4) is 0 Å². The van der Waals surface area contributed by atoms with Gasteiger partial charge in [0.1, 0.15) is 35.6 Å². The number of aliphatic imine (C=N–C) groups is 1. The van der Waals surface area contributed by atoms with Crippen LogP contribution >= 0.6 is 0 Å². The Labute approximate surface area is 318 Å². The second kappa shape index (κ2) is 15.2. The van der Waals surface area contributed by atoms with E-state index >= 15 is 0 Å². The van der Waals surface area contributed by atoms with Gasteiger partial charge in [-0.15, -0.1) is 0 Å². The second-order valence-corrected chi connectivity index (χ2v) is 14.3. The number of aromatic hydroxyl groups is 2. The van der Waals surface area contributed by atoms with Crippen LogP contribution in [-0.4, -0.2) is 119 Å². The number of benzene rings is 2. The van der Waals surface area contributed by atoms with Crippen molar-refractivity contribution in [1.82, 2.24) is 19.5 Å². The van der Waals surface area contributed by atoms with Crippen LogP contribution in [0.25, 0.3) is 11.2 Å². The zero-order valence-electron chi connectivity index (χ0n) is 30.8. The maximum atomic E-state index is 13.9. The Morgan fingerprint density at radius 1 is 1.16 bits per heavy atom. The SMILES string of the molecule is COc1cccc2c1C(=O)c1c(O)c3c(c(O)c1C2=O)C[C@@](O)(C(=O)CO)C[C@@H]3OC1CC(N=CCCCCNc2nc3c(ncn3C)c(=O)[nH]2)C(O)C(C)O1. The van der Waals surface area contributed by atoms with E-state index in [9.17, 15) is 44.7 Å². The third kappa shape index (κ3) is 6.72. The molecule has 0 amide bonds. The number of aryl methyl sites for hydroxylation is 1. The van der Waals surface area contributed by atoms with Crippen LogP contribution in [0.4, 0.5) is 5.95 Å². The number of anilines is 1. The van der Waals surface area contributed by atoms with E-state index in [0.29, 0.717) is 37.4 Å². The Morgan fingerprint density at radius 2 is 1.93 bits per heavy atom. The number of aliphatic hydroxyl groups excluding tert-OH is 2. The number of aromatic nitrogens is 4. The van der Waals surface area contributed by atoms with Crippen LogP contribution < -0.4 is 15.6 Å². The molecule has 2 aromatic heterocycles. The molecule has 1 fully saturated rings. The van der Waals surface area contributed by atoms with E-state index in [0.717, 1.165) is 0 Å². The summed E-state index contributed by atoms with van der Waals surface area (Å²) in [6, 6.07) is 3.67. The molecule has 6 atom stereocenters. The van der Waals surface area contributed by atoms with Crippen molar-refractivity contribution in [1.29, 1.82) is 0 Å². The van der Waals surface area contributed by atoms with E-state index in [1.165, 1.54) is 31.6 Å². The van der Waals surface area contributed by atoms with Crippen LogP contribution in [-0.2, 0) is 27.7 Å². The quantitative estimate of drug-likeness (QED) is 0.0536. The van der Waals surface area contributed by atoms with Gasteiger partial charge in [-0.2, -0.15) is 4.98 Å². The molecule has 18 nitrogen and oxygen atoms in total. The molecule has 18 heteroatoms. The fourth-order valence-electron chi connectivity index (χ4n) is 7.72. The van der Waals surface area contributed by atoms with Crippen molar-refractivity contribution in [3.8, 4) is 17.2 Å². The third-order valence-electron chi connectivity index (χ3n) is 10.7. The van der Waals surface area contributed by atoms with Crippen LogP contribution in [0.2, 0.25) is 0 Å². The summed E-state index contributed by atoms with van der Waals surface area (Å²) in [5.41, 5.74) is -3.41. The maximum Gasteiger partial charge on any atom is 0.280 e. The van der Waals surface area contributed by atoms with Gasteiger partial charge < -0.3 is 49.6 Å². The molecule has 2 aromatic carbocycles. The fourth-order valence-corrected chi connectivity index (χ4v) is 7.72. The fraction of sp³-hybridized carbons (Fsp3) is 0.447. The number of fused-ring (bicyclic) bond motifs is 4. The van der Waals surface area contributed by atoms with Gasteiger partial charge in [-0.3, -0.25) is 29.2 Å². The smallest absolute Gasteiger partial charge is 0.280 e. The average molecular weight is 775 g/mol. The number of phenolic OH excluding ortho intramolecular Hbond substituents is 2. The molecule has 7 rings (SSSR count). The Kier molecular flexibility index (Phi) is 10.5. The van der Waals surface area contributed by atoms with E-state index < -0.39 is 95.7 Å². The van der Waals surface area contributed by atoms with Gasteiger partial charge >= 0.3 is 0 Å². The molecule has 7 N–H and O–H groups in total. The zero-order valence-corrected chi connectivity index (χ0v) is 30.8. The molecule has 4 aromatic rings. The van der Waals surface area contributed by atoms with Gasteiger partial charge in [0.25, 0.3) is 5.56 Å². The summed E-state index contributed by atoms with van der Waals surface area (Å²) in [5.74, 6) is -3.55.